The summed E-state index contributed by atoms with van der Waals surface area (Å²) in [5, 5.41) is 6.82. The summed E-state index contributed by atoms with van der Waals surface area (Å²) in [6, 6.07) is 8.47. The van der Waals surface area contributed by atoms with Crippen molar-refractivity contribution in [2.45, 2.75) is 38.1 Å². The largest absolute Gasteiger partial charge is 0.344 e. The molecule has 1 aromatic carbocycles. The molecular weight excluding hydrogens is 270 g/mol. The van der Waals surface area contributed by atoms with E-state index in [1.807, 2.05) is 6.07 Å². The molecule has 1 unspecified atom stereocenters. The Bertz CT molecular complexity index is 622. The van der Waals surface area contributed by atoms with Crippen LogP contribution < -0.4 is 5.32 Å². The van der Waals surface area contributed by atoms with E-state index in [1.54, 1.807) is 0 Å². The highest BCUT2D eigenvalue weighted by molar-refractivity contribution is 7.07. The van der Waals surface area contributed by atoms with E-state index in [1.165, 1.54) is 17.3 Å². The van der Waals surface area contributed by atoms with Crippen LogP contribution in [0.1, 0.15) is 53.5 Å². The van der Waals surface area contributed by atoms with E-state index in [4.69, 9.17) is 0 Å². The second-order valence-corrected chi connectivity index (χ2v) is 6.60. The van der Waals surface area contributed by atoms with Gasteiger partial charge in [-0.3, -0.25) is 4.79 Å². The van der Waals surface area contributed by atoms with Crippen LogP contribution in [0.3, 0.4) is 0 Å². The predicted molar refractivity (Wildman–Crippen MR) is 78.8 cm³/mol. The quantitative estimate of drug-likeness (QED) is 0.923. The molecule has 0 radical (unpaired) electrons. The first-order chi connectivity index (χ1) is 9.58. The van der Waals surface area contributed by atoms with Crippen molar-refractivity contribution in [1.29, 1.82) is 0 Å². The van der Waals surface area contributed by atoms with Crippen LogP contribution in [0.5, 0.6) is 0 Å². The smallest absolute Gasteiger partial charge is 0.265 e. The minimum atomic E-state index is -0.0838. The third kappa shape index (κ3) is 2.33. The highest BCUT2D eigenvalue weighted by atomic mass is 32.1. The number of amides is 1. The van der Waals surface area contributed by atoms with Crippen LogP contribution in [0.15, 0.2) is 30.5 Å². The number of fused-ring (bicyclic) bond motifs is 1. The number of benzene rings is 1. The molecule has 104 valence electrons. The molecule has 1 aromatic heterocycles. The maximum absolute atomic E-state index is 12.2. The monoisotopic (exact) mass is 287 g/mol. The highest BCUT2D eigenvalue weighted by Gasteiger charge is 2.33. The molecule has 0 aliphatic heterocycles. The van der Waals surface area contributed by atoms with Gasteiger partial charge in [-0.15, -0.1) is 5.10 Å². The molecule has 1 amide bonds. The molecule has 4 nitrogen and oxygen atoms in total. The Morgan fingerprint density at radius 2 is 2.20 bits per heavy atom. The number of carbonyl (C=O) groups is 1. The van der Waals surface area contributed by atoms with E-state index in [-0.39, 0.29) is 17.4 Å². The van der Waals surface area contributed by atoms with E-state index >= 15 is 0 Å². The van der Waals surface area contributed by atoms with Crippen LogP contribution in [-0.2, 0) is 5.41 Å². The van der Waals surface area contributed by atoms with E-state index in [9.17, 15) is 4.79 Å². The van der Waals surface area contributed by atoms with E-state index in [2.05, 4.69) is 47.0 Å². The molecule has 0 spiro atoms. The molecule has 1 N–H and O–H groups in total. The van der Waals surface area contributed by atoms with Crippen LogP contribution in [0, 0.1) is 0 Å². The van der Waals surface area contributed by atoms with Crippen molar-refractivity contribution in [1.82, 2.24) is 14.9 Å². The van der Waals surface area contributed by atoms with Crippen LogP contribution in [-0.4, -0.2) is 15.5 Å². The fourth-order valence-electron chi connectivity index (χ4n) is 2.86. The average Bonchev–Trinajstić information content (AvgIpc) is 2.96. The summed E-state index contributed by atoms with van der Waals surface area (Å²) in [6.07, 6.45) is 3.54. The molecule has 3 rings (SSSR count). The molecule has 0 bridgehead atoms. The Hall–Kier alpha value is -1.75. The molecule has 20 heavy (non-hydrogen) atoms. The lowest BCUT2D eigenvalue weighted by Gasteiger charge is -2.37. The Morgan fingerprint density at radius 1 is 1.40 bits per heavy atom. The molecule has 1 heterocycles. The molecular formula is C15H17N3OS. The summed E-state index contributed by atoms with van der Waals surface area (Å²) < 4.78 is 3.73. The van der Waals surface area contributed by atoms with Gasteiger partial charge in [-0.05, 0) is 40.9 Å². The van der Waals surface area contributed by atoms with Crippen molar-refractivity contribution in [2.75, 3.05) is 0 Å². The van der Waals surface area contributed by atoms with E-state index in [0.29, 0.717) is 4.88 Å². The zero-order valence-corrected chi connectivity index (χ0v) is 12.4. The summed E-state index contributed by atoms with van der Waals surface area (Å²) in [4.78, 5) is 12.7. The van der Waals surface area contributed by atoms with Crippen LogP contribution >= 0.6 is 11.5 Å². The maximum atomic E-state index is 12.2. The summed E-state index contributed by atoms with van der Waals surface area (Å²) in [7, 11) is 0. The number of nitrogens with one attached hydrogen (secondary N) is 1. The Balaban J connectivity index is 1.87. The van der Waals surface area contributed by atoms with Crippen LogP contribution in [0.2, 0.25) is 0 Å². The number of nitrogens with zero attached hydrogens (tertiary/aromatic N) is 2. The number of hydrogen-bond acceptors (Lipinski definition) is 4. The molecule has 0 saturated carbocycles. The zero-order chi connectivity index (χ0) is 14.2. The second-order valence-electron chi connectivity index (χ2n) is 5.82. The molecule has 0 saturated heterocycles. The third-order valence-corrected chi connectivity index (χ3v) is 4.68. The van der Waals surface area contributed by atoms with Gasteiger partial charge in [-0.25, -0.2) is 0 Å². The van der Waals surface area contributed by atoms with Crippen molar-refractivity contribution < 1.29 is 4.79 Å². The van der Waals surface area contributed by atoms with Crippen molar-refractivity contribution in [2.24, 2.45) is 0 Å². The number of aromatic nitrogens is 2. The van der Waals surface area contributed by atoms with Crippen molar-refractivity contribution >= 4 is 17.4 Å². The molecule has 1 aliphatic rings. The van der Waals surface area contributed by atoms with Crippen molar-refractivity contribution in [3.05, 3.63) is 46.5 Å². The Labute approximate surface area is 122 Å². The van der Waals surface area contributed by atoms with Crippen LogP contribution in [0.25, 0.3) is 0 Å². The third-order valence-electron chi connectivity index (χ3n) is 4.01. The molecule has 1 aliphatic carbocycles. The second kappa shape index (κ2) is 4.98. The van der Waals surface area contributed by atoms with Gasteiger partial charge in [0.15, 0.2) is 0 Å². The number of hydrogen-bond donors (Lipinski definition) is 1. The minimum absolute atomic E-state index is 0.0776. The molecule has 2 aromatic rings. The fraction of sp³-hybridized carbons (Fsp3) is 0.400. The Morgan fingerprint density at radius 3 is 2.95 bits per heavy atom. The lowest BCUT2D eigenvalue weighted by Crippen LogP contribution is -2.35. The van der Waals surface area contributed by atoms with Gasteiger partial charge < -0.3 is 5.32 Å². The number of carbonyl (C=O) groups excluding carboxylic acids is 1. The fourth-order valence-corrected chi connectivity index (χ4v) is 3.28. The summed E-state index contributed by atoms with van der Waals surface area (Å²) in [6.45, 7) is 4.52. The normalized spacial score (nSPS) is 20.2. The Kier molecular flexibility index (Phi) is 3.30. The van der Waals surface area contributed by atoms with Gasteiger partial charge >= 0.3 is 0 Å². The van der Waals surface area contributed by atoms with E-state index in [0.717, 1.165) is 24.4 Å². The molecule has 0 fully saturated rings. The first-order valence-corrected chi connectivity index (χ1v) is 7.53. The number of rotatable bonds is 2. The van der Waals surface area contributed by atoms with Gasteiger partial charge in [0.05, 0.1) is 12.2 Å². The van der Waals surface area contributed by atoms with Crippen molar-refractivity contribution in [3.8, 4) is 0 Å². The first-order valence-electron chi connectivity index (χ1n) is 6.75. The highest BCUT2D eigenvalue weighted by Crippen LogP contribution is 2.41. The van der Waals surface area contributed by atoms with Gasteiger partial charge in [-0.1, -0.05) is 42.6 Å². The summed E-state index contributed by atoms with van der Waals surface area (Å²) in [5.74, 6) is -0.0838. The first kappa shape index (κ1) is 13.2. The van der Waals surface area contributed by atoms with E-state index < -0.39 is 0 Å². The minimum Gasteiger partial charge on any atom is -0.344 e. The topological polar surface area (TPSA) is 54.9 Å². The van der Waals surface area contributed by atoms with Gasteiger partial charge in [0.1, 0.15) is 4.88 Å². The lowest BCUT2D eigenvalue weighted by molar-refractivity contribution is 0.0933. The van der Waals surface area contributed by atoms with Gasteiger partial charge in [0.2, 0.25) is 0 Å². The SMILES string of the molecule is CC1(C)CCC(NC(=O)c2cnns2)c2ccccc21. The van der Waals surface area contributed by atoms with Gasteiger partial charge in [0.25, 0.3) is 5.91 Å². The van der Waals surface area contributed by atoms with Crippen molar-refractivity contribution in [3.63, 3.8) is 0 Å². The average molecular weight is 287 g/mol. The van der Waals surface area contributed by atoms with Gasteiger partial charge in [-0.2, -0.15) is 0 Å². The van der Waals surface area contributed by atoms with Gasteiger partial charge in [0, 0.05) is 0 Å². The zero-order valence-electron chi connectivity index (χ0n) is 11.6. The standard InChI is InChI=1S/C15H17N3OS/c1-15(2)8-7-12(10-5-3-4-6-11(10)15)17-14(19)13-9-16-18-20-13/h3-6,9,12H,7-8H2,1-2H3,(H,17,19). The summed E-state index contributed by atoms with van der Waals surface area (Å²) >= 11 is 1.13. The summed E-state index contributed by atoms with van der Waals surface area (Å²) in [5.41, 5.74) is 2.73. The maximum Gasteiger partial charge on any atom is 0.265 e. The molecule has 1 atom stereocenters. The van der Waals surface area contributed by atoms with Crippen LogP contribution in [0.4, 0.5) is 0 Å². The predicted octanol–water partition coefficient (Wildman–Crippen LogP) is 3.08. The lowest BCUT2D eigenvalue weighted by atomic mass is 9.71. The molecule has 5 heteroatoms.